The molecule has 2 heteroatoms. The highest BCUT2D eigenvalue weighted by Crippen LogP contribution is 2.67. The van der Waals surface area contributed by atoms with Crippen molar-refractivity contribution < 1.29 is 0 Å². The molecule has 0 aromatic heterocycles. The first-order valence-electron chi connectivity index (χ1n) is 13.7. The Morgan fingerprint density at radius 3 is 2.53 bits per heavy atom. The molecular formula is C28H48N2. The van der Waals surface area contributed by atoms with Gasteiger partial charge in [-0.2, -0.15) is 0 Å². The standard InChI is InChI=1S/C28H48N2/c1-19-13-17-30-26(19)14-18-29-20(2)23-10-11-24-22-9-8-21-7-5-6-15-27(21,3)25(22)12-16-28(23,24)4/h19,21-26,30H,5-18H2,1-4H3. The van der Waals surface area contributed by atoms with Crippen LogP contribution in [-0.2, 0) is 0 Å². The van der Waals surface area contributed by atoms with E-state index in [2.05, 4.69) is 33.0 Å². The second-order valence-electron chi connectivity index (χ2n) is 12.7. The van der Waals surface area contributed by atoms with E-state index in [1.807, 2.05) is 0 Å². The van der Waals surface area contributed by atoms with Crippen LogP contribution in [-0.4, -0.2) is 24.8 Å². The Balaban J connectivity index is 1.27. The van der Waals surface area contributed by atoms with Gasteiger partial charge in [-0.05, 0) is 118 Å². The van der Waals surface area contributed by atoms with E-state index in [1.54, 1.807) is 6.42 Å². The number of aliphatic imine (C=N–C) groups is 1. The molecule has 1 N–H and O–H groups in total. The molecule has 5 fully saturated rings. The van der Waals surface area contributed by atoms with Crippen LogP contribution < -0.4 is 5.32 Å². The highest BCUT2D eigenvalue weighted by molar-refractivity contribution is 5.85. The third kappa shape index (κ3) is 3.43. The number of nitrogens with zero attached hydrogens (tertiary/aromatic N) is 1. The molecule has 2 nitrogen and oxygen atoms in total. The minimum Gasteiger partial charge on any atom is -0.314 e. The van der Waals surface area contributed by atoms with Crippen LogP contribution in [0, 0.1) is 46.3 Å². The van der Waals surface area contributed by atoms with E-state index in [1.165, 1.54) is 82.9 Å². The first-order valence-corrected chi connectivity index (χ1v) is 13.7. The maximum Gasteiger partial charge on any atom is 0.0403 e. The van der Waals surface area contributed by atoms with Crippen molar-refractivity contribution in [2.45, 2.75) is 111 Å². The van der Waals surface area contributed by atoms with Crippen LogP contribution in [0.2, 0.25) is 0 Å². The fourth-order valence-corrected chi connectivity index (χ4v) is 9.76. The van der Waals surface area contributed by atoms with Crippen LogP contribution in [0.25, 0.3) is 0 Å². The summed E-state index contributed by atoms with van der Waals surface area (Å²) in [6.45, 7) is 12.4. The molecule has 1 aliphatic heterocycles. The summed E-state index contributed by atoms with van der Waals surface area (Å²) in [7, 11) is 0. The van der Waals surface area contributed by atoms with Gasteiger partial charge in [0, 0.05) is 24.2 Å². The normalized spacial score (nSPS) is 51.3. The summed E-state index contributed by atoms with van der Waals surface area (Å²) in [5, 5.41) is 3.69. The SMILES string of the molecule is CC(=NCCC1NCCC1C)C1CCC2C3CCC4CCCCC4(C)C3CCC12C. The predicted molar refractivity (Wildman–Crippen MR) is 128 cm³/mol. The molecule has 0 bridgehead atoms. The summed E-state index contributed by atoms with van der Waals surface area (Å²) >= 11 is 0. The molecule has 4 aliphatic carbocycles. The molecule has 5 rings (SSSR count). The molecule has 0 aromatic carbocycles. The lowest BCUT2D eigenvalue weighted by atomic mass is 9.45. The number of hydrogen-bond donors (Lipinski definition) is 1. The Morgan fingerprint density at radius 1 is 0.900 bits per heavy atom. The molecule has 0 amide bonds. The fraction of sp³-hybridized carbons (Fsp3) is 0.964. The van der Waals surface area contributed by atoms with E-state index in [0.717, 1.165) is 42.1 Å². The van der Waals surface area contributed by atoms with Gasteiger partial charge in [0.05, 0.1) is 0 Å². The molecule has 9 atom stereocenters. The van der Waals surface area contributed by atoms with E-state index in [9.17, 15) is 0 Å². The number of nitrogens with one attached hydrogen (secondary N) is 1. The van der Waals surface area contributed by atoms with Gasteiger partial charge >= 0.3 is 0 Å². The zero-order chi connectivity index (χ0) is 20.9. The van der Waals surface area contributed by atoms with Gasteiger partial charge in [0.15, 0.2) is 0 Å². The van der Waals surface area contributed by atoms with Gasteiger partial charge in [-0.25, -0.2) is 0 Å². The largest absolute Gasteiger partial charge is 0.314 e. The molecule has 5 aliphatic rings. The first kappa shape index (κ1) is 21.5. The zero-order valence-electron chi connectivity index (χ0n) is 20.4. The maximum absolute atomic E-state index is 5.20. The molecule has 1 heterocycles. The van der Waals surface area contributed by atoms with Gasteiger partial charge in [0.2, 0.25) is 0 Å². The summed E-state index contributed by atoms with van der Waals surface area (Å²) in [5.41, 5.74) is 2.71. The molecule has 0 radical (unpaired) electrons. The summed E-state index contributed by atoms with van der Waals surface area (Å²) in [5.74, 6) is 5.66. The summed E-state index contributed by atoms with van der Waals surface area (Å²) in [6.07, 6.45) is 17.6. The molecular weight excluding hydrogens is 364 g/mol. The van der Waals surface area contributed by atoms with Crippen molar-refractivity contribution in [1.82, 2.24) is 5.32 Å². The van der Waals surface area contributed by atoms with Crippen LogP contribution >= 0.6 is 0 Å². The Hall–Kier alpha value is -0.370. The quantitative estimate of drug-likeness (QED) is 0.500. The average molecular weight is 413 g/mol. The Kier molecular flexibility index (Phi) is 5.87. The Bertz CT molecular complexity index is 655. The molecule has 9 unspecified atom stereocenters. The van der Waals surface area contributed by atoms with Crippen molar-refractivity contribution in [3.8, 4) is 0 Å². The smallest absolute Gasteiger partial charge is 0.0403 e. The van der Waals surface area contributed by atoms with Gasteiger partial charge in [-0.1, -0.05) is 33.6 Å². The minimum absolute atomic E-state index is 0.533. The number of hydrogen-bond acceptors (Lipinski definition) is 2. The van der Waals surface area contributed by atoms with Crippen molar-refractivity contribution in [1.29, 1.82) is 0 Å². The van der Waals surface area contributed by atoms with Gasteiger partial charge in [-0.3, -0.25) is 4.99 Å². The van der Waals surface area contributed by atoms with Crippen molar-refractivity contribution in [2.75, 3.05) is 13.1 Å². The minimum atomic E-state index is 0.533. The first-order chi connectivity index (χ1) is 14.4. The topological polar surface area (TPSA) is 24.4 Å². The lowest BCUT2D eigenvalue weighted by Crippen LogP contribution is -2.53. The zero-order valence-corrected chi connectivity index (χ0v) is 20.4. The maximum atomic E-state index is 5.20. The molecule has 4 saturated carbocycles. The monoisotopic (exact) mass is 412 g/mol. The number of rotatable bonds is 4. The Morgan fingerprint density at radius 2 is 1.73 bits per heavy atom. The van der Waals surface area contributed by atoms with E-state index >= 15 is 0 Å². The molecule has 0 spiro atoms. The summed E-state index contributed by atoms with van der Waals surface area (Å²) in [4.78, 5) is 5.20. The second-order valence-corrected chi connectivity index (χ2v) is 12.7. The second kappa shape index (κ2) is 8.20. The fourth-order valence-electron chi connectivity index (χ4n) is 9.76. The lowest BCUT2D eigenvalue weighted by molar-refractivity contribution is -0.106. The van der Waals surface area contributed by atoms with Crippen molar-refractivity contribution in [3.05, 3.63) is 0 Å². The summed E-state index contributed by atoms with van der Waals surface area (Å²) < 4.78 is 0. The third-order valence-corrected chi connectivity index (χ3v) is 11.6. The predicted octanol–water partition coefficient (Wildman–Crippen LogP) is 6.88. The molecule has 1 saturated heterocycles. The summed E-state index contributed by atoms with van der Waals surface area (Å²) in [6, 6.07) is 0.704. The molecule has 170 valence electrons. The van der Waals surface area contributed by atoms with Crippen LogP contribution in [0.1, 0.15) is 105 Å². The van der Waals surface area contributed by atoms with Crippen molar-refractivity contribution >= 4 is 5.71 Å². The van der Waals surface area contributed by atoms with Gasteiger partial charge in [0.1, 0.15) is 0 Å². The molecule has 30 heavy (non-hydrogen) atoms. The van der Waals surface area contributed by atoms with Crippen LogP contribution in [0.4, 0.5) is 0 Å². The van der Waals surface area contributed by atoms with Crippen molar-refractivity contribution in [2.24, 2.45) is 51.3 Å². The van der Waals surface area contributed by atoms with Gasteiger partial charge in [-0.15, -0.1) is 0 Å². The molecule has 0 aromatic rings. The highest BCUT2D eigenvalue weighted by Gasteiger charge is 2.59. The van der Waals surface area contributed by atoms with Crippen LogP contribution in [0.5, 0.6) is 0 Å². The number of fused-ring (bicyclic) bond motifs is 5. The van der Waals surface area contributed by atoms with E-state index in [-0.39, 0.29) is 0 Å². The van der Waals surface area contributed by atoms with E-state index in [0.29, 0.717) is 16.9 Å². The van der Waals surface area contributed by atoms with Crippen LogP contribution in [0.15, 0.2) is 4.99 Å². The lowest BCUT2D eigenvalue weighted by Gasteiger charge is -2.60. The van der Waals surface area contributed by atoms with E-state index < -0.39 is 0 Å². The highest BCUT2D eigenvalue weighted by atomic mass is 15.0. The third-order valence-electron chi connectivity index (χ3n) is 11.6. The average Bonchev–Trinajstić information content (AvgIpc) is 3.30. The van der Waals surface area contributed by atoms with Gasteiger partial charge in [0.25, 0.3) is 0 Å². The van der Waals surface area contributed by atoms with E-state index in [4.69, 9.17) is 4.99 Å². The van der Waals surface area contributed by atoms with Crippen molar-refractivity contribution in [3.63, 3.8) is 0 Å². The Labute approximate surface area is 186 Å². The van der Waals surface area contributed by atoms with Crippen LogP contribution in [0.3, 0.4) is 0 Å². The van der Waals surface area contributed by atoms with Gasteiger partial charge < -0.3 is 5.32 Å².